The predicted octanol–water partition coefficient (Wildman–Crippen LogP) is 0.600. The van der Waals surface area contributed by atoms with Crippen molar-refractivity contribution < 1.29 is 0 Å². The van der Waals surface area contributed by atoms with Crippen LogP contribution in [0.5, 0.6) is 0 Å². The van der Waals surface area contributed by atoms with E-state index in [1.807, 2.05) is 0 Å². The molecule has 1 radical (unpaired) electrons. The Morgan fingerprint density at radius 1 is 1.29 bits per heavy atom. The van der Waals surface area contributed by atoms with Gasteiger partial charge < -0.3 is 0 Å². The van der Waals surface area contributed by atoms with Crippen LogP contribution >= 0.6 is 0 Å². The third-order valence-corrected chi connectivity index (χ3v) is 2.13. The molecule has 1 aromatic carbocycles. The summed E-state index contributed by atoms with van der Waals surface area (Å²) in [7, 11) is 0. The van der Waals surface area contributed by atoms with Gasteiger partial charge in [-0.1, -0.05) is 0 Å². The summed E-state index contributed by atoms with van der Waals surface area (Å²) in [6.45, 7) is 0. The average molecular weight is 185 g/mol. The zero-order valence-electron chi connectivity index (χ0n) is 7.03. The lowest BCUT2D eigenvalue weighted by Crippen LogP contribution is -1.97. The van der Waals surface area contributed by atoms with Crippen LogP contribution in [0.3, 0.4) is 0 Å². The van der Waals surface area contributed by atoms with Gasteiger partial charge in [0.05, 0.1) is 16.4 Å². The molecule has 0 saturated heterocycles. The number of aromatic nitrogens is 4. The molecule has 2 N–H and O–H groups in total. The summed E-state index contributed by atoms with van der Waals surface area (Å²) in [5.41, 5.74) is 1.33. The molecule has 0 aliphatic carbocycles. The molecule has 0 bridgehead atoms. The van der Waals surface area contributed by atoms with E-state index < -0.39 is 0 Å². The standard InChI is InChI=1S/C9H5N4O/c14-9-6-2-7-5(3-10-4-11-7)1-8(6)12-13-9/h1-2,4H,(H2,12,13,14). The van der Waals surface area contributed by atoms with Crippen LogP contribution in [-0.2, 0) is 0 Å². The van der Waals surface area contributed by atoms with E-state index in [1.165, 1.54) is 6.33 Å². The van der Waals surface area contributed by atoms with Crippen molar-refractivity contribution in [3.05, 3.63) is 35.0 Å². The molecule has 14 heavy (non-hydrogen) atoms. The minimum absolute atomic E-state index is 0.138. The third-order valence-electron chi connectivity index (χ3n) is 2.13. The highest BCUT2D eigenvalue weighted by Crippen LogP contribution is 2.15. The lowest BCUT2D eigenvalue weighted by atomic mass is 10.2. The van der Waals surface area contributed by atoms with Crippen molar-refractivity contribution in [3.8, 4) is 0 Å². The van der Waals surface area contributed by atoms with E-state index in [9.17, 15) is 4.79 Å². The van der Waals surface area contributed by atoms with Gasteiger partial charge in [-0.2, -0.15) is 0 Å². The molecule has 0 amide bonds. The number of hydrogen-bond acceptors (Lipinski definition) is 3. The Morgan fingerprint density at radius 3 is 3.14 bits per heavy atom. The van der Waals surface area contributed by atoms with Crippen LogP contribution in [-0.4, -0.2) is 20.2 Å². The van der Waals surface area contributed by atoms with Gasteiger partial charge in [0.25, 0.3) is 5.56 Å². The maximum atomic E-state index is 11.3. The Hall–Kier alpha value is -2.17. The van der Waals surface area contributed by atoms with Crippen LogP contribution in [0.25, 0.3) is 21.8 Å². The minimum Gasteiger partial charge on any atom is -0.297 e. The van der Waals surface area contributed by atoms with Gasteiger partial charge >= 0.3 is 0 Å². The maximum Gasteiger partial charge on any atom is 0.271 e. The van der Waals surface area contributed by atoms with Crippen molar-refractivity contribution in [1.29, 1.82) is 0 Å². The van der Waals surface area contributed by atoms with Gasteiger partial charge in [0.15, 0.2) is 0 Å². The lowest BCUT2D eigenvalue weighted by Gasteiger charge is -1.93. The number of benzene rings is 1. The number of aromatic amines is 2. The molecule has 2 aromatic heterocycles. The average Bonchev–Trinajstić information content (AvgIpc) is 2.57. The molecule has 0 atom stereocenters. The summed E-state index contributed by atoms with van der Waals surface area (Å²) in [6, 6.07) is 3.51. The second-order valence-corrected chi connectivity index (χ2v) is 2.98. The molecule has 5 nitrogen and oxygen atoms in total. The van der Waals surface area contributed by atoms with Crippen molar-refractivity contribution in [2.75, 3.05) is 0 Å². The Balaban J connectivity index is 2.61. The highest BCUT2D eigenvalue weighted by Gasteiger charge is 2.03. The van der Waals surface area contributed by atoms with Gasteiger partial charge in [-0.05, 0) is 12.1 Å². The minimum atomic E-state index is -0.138. The van der Waals surface area contributed by atoms with Crippen LogP contribution in [0.1, 0.15) is 0 Å². The fourth-order valence-electron chi connectivity index (χ4n) is 1.46. The summed E-state index contributed by atoms with van der Waals surface area (Å²) >= 11 is 0. The van der Waals surface area contributed by atoms with Crippen molar-refractivity contribution in [2.24, 2.45) is 0 Å². The molecule has 0 aliphatic heterocycles. The van der Waals surface area contributed by atoms with Gasteiger partial charge in [0.2, 0.25) is 0 Å². The first-order valence-corrected chi connectivity index (χ1v) is 4.07. The van der Waals surface area contributed by atoms with Gasteiger partial charge in [-0.3, -0.25) is 15.0 Å². The van der Waals surface area contributed by atoms with Crippen molar-refractivity contribution in [3.63, 3.8) is 0 Å². The maximum absolute atomic E-state index is 11.3. The molecule has 5 heteroatoms. The molecule has 0 spiro atoms. The van der Waals surface area contributed by atoms with Crippen LogP contribution in [0.4, 0.5) is 0 Å². The predicted molar refractivity (Wildman–Crippen MR) is 50.9 cm³/mol. The monoisotopic (exact) mass is 185 g/mol. The molecule has 0 saturated carbocycles. The largest absolute Gasteiger partial charge is 0.297 e. The van der Waals surface area contributed by atoms with E-state index in [-0.39, 0.29) is 5.56 Å². The molecular weight excluding hydrogens is 180 g/mol. The van der Waals surface area contributed by atoms with Gasteiger partial charge in [0, 0.05) is 5.39 Å². The highest BCUT2D eigenvalue weighted by atomic mass is 16.1. The summed E-state index contributed by atoms with van der Waals surface area (Å²) in [4.78, 5) is 19.1. The summed E-state index contributed by atoms with van der Waals surface area (Å²) in [5.74, 6) is 0. The molecule has 3 rings (SSSR count). The van der Waals surface area contributed by atoms with Gasteiger partial charge in [0.1, 0.15) is 12.5 Å². The van der Waals surface area contributed by atoms with E-state index in [0.717, 1.165) is 16.4 Å². The Morgan fingerprint density at radius 2 is 2.21 bits per heavy atom. The molecule has 67 valence electrons. The summed E-state index contributed by atoms with van der Waals surface area (Å²) < 4.78 is 0. The van der Waals surface area contributed by atoms with Gasteiger partial charge in [-0.15, -0.1) is 0 Å². The van der Waals surface area contributed by atoms with E-state index in [4.69, 9.17) is 0 Å². The highest BCUT2D eigenvalue weighted by molar-refractivity contribution is 5.93. The fraction of sp³-hybridized carbons (Fsp3) is 0. The molecule has 0 aliphatic rings. The molecule has 2 heterocycles. The van der Waals surface area contributed by atoms with Crippen molar-refractivity contribution >= 4 is 21.8 Å². The second kappa shape index (κ2) is 2.41. The normalized spacial score (nSPS) is 11.1. The zero-order valence-corrected chi connectivity index (χ0v) is 7.03. The zero-order chi connectivity index (χ0) is 9.54. The summed E-state index contributed by atoms with van der Waals surface area (Å²) in [6.07, 6.45) is 4.22. The Bertz CT molecular complexity index is 667. The van der Waals surface area contributed by atoms with Crippen LogP contribution in [0.2, 0.25) is 0 Å². The molecule has 3 aromatic rings. The number of fused-ring (bicyclic) bond motifs is 2. The smallest absolute Gasteiger partial charge is 0.271 e. The topological polar surface area (TPSA) is 74.4 Å². The number of nitrogens with zero attached hydrogens (tertiary/aromatic N) is 2. The van der Waals surface area contributed by atoms with Crippen molar-refractivity contribution in [1.82, 2.24) is 20.2 Å². The van der Waals surface area contributed by atoms with E-state index in [2.05, 4.69) is 26.4 Å². The molecular formula is C9H5N4O. The van der Waals surface area contributed by atoms with Crippen LogP contribution < -0.4 is 5.56 Å². The van der Waals surface area contributed by atoms with Crippen LogP contribution in [0, 0.1) is 6.20 Å². The fourth-order valence-corrected chi connectivity index (χ4v) is 1.46. The summed E-state index contributed by atoms with van der Waals surface area (Å²) in [5, 5.41) is 6.66. The van der Waals surface area contributed by atoms with E-state index in [1.54, 1.807) is 12.1 Å². The quantitative estimate of drug-likeness (QED) is 0.538. The molecule has 0 unspecified atom stereocenters. The number of rotatable bonds is 0. The SMILES string of the molecule is O=c1[nH][nH]c2cc3[c]ncnc3cc12. The van der Waals surface area contributed by atoms with Crippen LogP contribution in [0.15, 0.2) is 23.3 Å². The number of hydrogen-bond donors (Lipinski definition) is 2. The number of H-pyrrole nitrogens is 2. The molecule has 0 fully saturated rings. The lowest BCUT2D eigenvalue weighted by molar-refractivity contribution is 1.08. The Labute approximate surface area is 77.8 Å². The Kier molecular flexibility index (Phi) is 1.25. The third kappa shape index (κ3) is 0.861. The van der Waals surface area contributed by atoms with Gasteiger partial charge in [-0.25, -0.2) is 9.97 Å². The number of nitrogens with one attached hydrogen (secondary N) is 2. The van der Waals surface area contributed by atoms with E-state index >= 15 is 0 Å². The first kappa shape index (κ1) is 7.25. The second-order valence-electron chi connectivity index (χ2n) is 2.98. The first-order chi connectivity index (χ1) is 6.84. The first-order valence-electron chi connectivity index (χ1n) is 4.07. The van der Waals surface area contributed by atoms with E-state index in [0.29, 0.717) is 5.39 Å². The van der Waals surface area contributed by atoms with Crippen molar-refractivity contribution in [2.45, 2.75) is 0 Å².